The van der Waals surface area contributed by atoms with Crippen LogP contribution in [0, 0.1) is 20.8 Å². The largest absolute Gasteiger partial charge is 0.491 e. The standard InChI is InChI=1S/C29H29N3O6S/c1-17(2)37-22-9-6-8-21(16-22)24-12-11-23(27(33)32-39(35,36)25-10-7-13-30-28(25)34)29(31-24)38-26-19(4)14-18(3)15-20(26)5/h6-17H,1-5H3,(H,30,34)(H,32,33). The van der Waals surface area contributed by atoms with Crippen LogP contribution in [0.3, 0.4) is 0 Å². The third-order valence-electron chi connectivity index (χ3n) is 5.71. The molecule has 0 radical (unpaired) electrons. The zero-order chi connectivity index (χ0) is 28.3. The topological polar surface area (TPSA) is 127 Å². The Hall–Kier alpha value is -4.44. The predicted octanol–water partition coefficient (Wildman–Crippen LogP) is 5.06. The number of H-pyrrole nitrogens is 1. The molecule has 2 aromatic heterocycles. The summed E-state index contributed by atoms with van der Waals surface area (Å²) in [5.74, 6) is 0.0653. The number of aromatic nitrogens is 2. The van der Waals surface area contributed by atoms with Gasteiger partial charge in [-0.05, 0) is 82.1 Å². The SMILES string of the molecule is Cc1cc(C)c(Oc2nc(-c3cccc(OC(C)C)c3)ccc2C(=O)NS(=O)(=O)c2ccc[nH]c2=O)c(C)c1. The number of hydrogen-bond donors (Lipinski definition) is 2. The van der Waals surface area contributed by atoms with Gasteiger partial charge in [-0.25, -0.2) is 18.1 Å². The molecular weight excluding hydrogens is 518 g/mol. The van der Waals surface area contributed by atoms with Gasteiger partial charge in [0, 0.05) is 11.8 Å². The van der Waals surface area contributed by atoms with Crippen LogP contribution in [0.2, 0.25) is 0 Å². The van der Waals surface area contributed by atoms with Gasteiger partial charge in [-0.3, -0.25) is 9.59 Å². The Labute approximate surface area is 226 Å². The van der Waals surface area contributed by atoms with E-state index in [-0.39, 0.29) is 17.5 Å². The number of aromatic amines is 1. The van der Waals surface area contributed by atoms with E-state index in [0.717, 1.165) is 22.8 Å². The highest BCUT2D eigenvalue weighted by Gasteiger charge is 2.25. The van der Waals surface area contributed by atoms with Gasteiger partial charge < -0.3 is 14.5 Å². The van der Waals surface area contributed by atoms with E-state index in [1.165, 1.54) is 18.3 Å². The fourth-order valence-corrected chi connectivity index (χ4v) is 5.15. The molecule has 0 fully saturated rings. The van der Waals surface area contributed by atoms with E-state index in [1.54, 1.807) is 6.07 Å². The number of rotatable bonds is 8. The Morgan fingerprint density at radius 2 is 1.69 bits per heavy atom. The monoisotopic (exact) mass is 547 g/mol. The highest BCUT2D eigenvalue weighted by Crippen LogP contribution is 2.33. The Kier molecular flexibility index (Phi) is 7.87. The molecule has 39 heavy (non-hydrogen) atoms. The number of ether oxygens (including phenoxy) is 2. The molecule has 0 bridgehead atoms. The zero-order valence-corrected chi connectivity index (χ0v) is 23.0. The van der Waals surface area contributed by atoms with Crippen molar-refractivity contribution in [1.82, 2.24) is 14.7 Å². The van der Waals surface area contributed by atoms with Crippen LogP contribution in [0.15, 0.2) is 76.6 Å². The van der Waals surface area contributed by atoms with E-state index >= 15 is 0 Å². The van der Waals surface area contributed by atoms with Crippen molar-refractivity contribution in [2.24, 2.45) is 0 Å². The lowest BCUT2D eigenvalue weighted by molar-refractivity contribution is 0.0978. The van der Waals surface area contributed by atoms with E-state index in [2.05, 4.69) is 9.97 Å². The minimum absolute atomic E-state index is 0.0236. The Bertz CT molecular complexity index is 1690. The lowest BCUT2D eigenvalue weighted by Crippen LogP contribution is -2.34. The molecule has 2 aromatic carbocycles. The van der Waals surface area contributed by atoms with Crippen molar-refractivity contribution in [2.45, 2.75) is 45.6 Å². The number of hydrogen-bond acceptors (Lipinski definition) is 7. The summed E-state index contributed by atoms with van der Waals surface area (Å²) >= 11 is 0. The molecule has 4 aromatic rings. The second-order valence-electron chi connectivity index (χ2n) is 9.37. The third-order valence-corrected chi connectivity index (χ3v) is 7.06. The van der Waals surface area contributed by atoms with Crippen LogP contribution in [-0.2, 0) is 10.0 Å². The van der Waals surface area contributed by atoms with Gasteiger partial charge >= 0.3 is 0 Å². The first-order valence-electron chi connectivity index (χ1n) is 12.2. The van der Waals surface area contributed by atoms with Gasteiger partial charge in [-0.2, -0.15) is 0 Å². The minimum atomic E-state index is -4.47. The second kappa shape index (κ2) is 11.1. The molecule has 0 saturated heterocycles. The first kappa shape index (κ1) is 27.6. The lowest BCUT2D eigenvalue weighted by atomic mass is 10.1. The van der Waals surface area contributed by atoms with E-state index in [1.807, 2.05) is 75.7 Å². The maximum Gasteiger partial charge on any atom is 0.270 e. The van der Waals surface area contributed by atoms with Crippen LogP contribution in [0.5, 0.6) is 17.4 Å². The Balaban J connectivity index is 1.79. The number of pyridine rings is 2. The van der Waals surface area contributed by atoms with Crippen molar-refractivity contribution in [3.05, 3.63) is 99.5 Å². The third kappa shape index (κ3) is 6.35. The molecule has 0 aliphatic carbocycles. The van der Waals surface area contributed by atoms with Crippen LogP contribution in [0.1, 0.15) is 40.9 Å². The average molecular weight is 548 g/mol. The van der Waals surface area contributed by atoms with E-state index < -0.39 is 26.4 Å². The molecular formula is C29H29N3O6S. The van der Waals surface area contributed by atoms with Gasteiger partial charge in [-0.15, -0.1) is 0 Å². The van der Waals surface area contributed by atoms with Crippen LogP contribution in [-0.4, -0.2) is 30.4 Å². The van der Waals surface area contributed by atoms with E-state index in [0.29, 0.717) is 22.8 Å². The summed E-state index contributed by atoms with van der Waals surface area (Å²) in [6.45, 7) is 9.56. The highest BCUT2D eigenvalue weighted by molar-refractivity contribution is 7.90. The highest BCUT2D eigenvalue weighted by atomic mass is 32.2. The van der Waals surface area contributed by atoms with Gasteiger partial charge in [0.15, 0.2) is 4.90 Å². The number of benzene rings is 2. The number of nitrogens with one attached hydrogen (secondary N) is 2. The summed E-state index contributed by atoms with van der Waals surface area (Å²) in [4.78, 5) is 31.6. The summed E-state index contributed by atoms with van der Waals surface area (Å²) in [7, 11) is -4.47. The van der Waals surface area contributed by atoms with Crippen molar-refractivity contribution in [3.63, 3.8) is 0 Å². The maximum atomic E-state index is 13.3. The molecule has 0 unspecified atom stereocenters. The molecule has 0 aliphatic heterocycles. The van der Waals surface area contributed by atoms with E-state index in [9.17, 15) is 18.0 Å². The number of carbonyl (C=O) groups excluding carboxylic acids is 1. The van der Waals surface area contributed by atoms with Gasteiger partial charge in [0.05, 0.1) is 11.8 Å². The Morgan fingerprint density at radius 1 is 0.974 bits per heavy atom. The predicted molar refractivity (Wildman–Crippen MR) is 148 cm³/mol. The van der Waals surface area contributed by atoms with Crippen LogP contribution in [0.25, 0.3) is 11.3 Å². The molecule has 9 nitrogen and oxygen atoms in total. The van der Waals surface area contributed by atoms with E-state index in [4.69, 9.17) is 9.47 Å². The smallest absolute Gasteiger partial charge is 0.270 e. The average Bonchev–Trinajstić information content (AvgIpc) is 2.85. The van der Waals surface area contributed by atoms with Gasteiger partial charge in [0.25, 0.3) is 21.5 Å². The molecule has 1 amide bonds. The Morgan fingerprint density at radius 3 is 2.36 bits per heavy atom. The number of amides is 1. The quantitative estimate of drug-likeness (QED) is 0.316. The van der Waals surface area contributed by atoms with Crippen LogP contribution >= 0.6 is 0 Å². The van der Waals surface area contributed by atoms with Crippen LogP contribution < -0.4 is 19.8 Å². The fourth-order valence-electron chi connectivity index (χ4n) is 4.13. The normalized spacial score (nSPS) is 11.3. The van der Waals surface area contributed by atoms with Crippen molar-refractivity contribution in [2.75, 3.05) is 0 Å². The van der Waals surface area contributed by atoms with Crippen molar-refractivity contribution < 1.29 is 22.7 Å². The molecule has 0 aliphatic rings. The molecule has 2 N–H and O–H groups in total. The number of aryl methyl sites for hydroxylation is 3. The zero-order valence-electron chi connectivity index (χ0n) is 22.2. The van der Waals surface area contributed by atoms with Gasteiger partial charge in [0.1, 0.15) is 17.1 Å². The second-order valence-corrected chi connectivity index (χ2v) is 11.0. The summed E-state index contributed by atoms with van der Waals surface area (Å²) in [6, 6.07) is 16.7. The fraction of sp³-hybridized carbons (Fsp3) is 0.207. The molecule has 4 rings (SSSR count). The minimum Gasteiger partial charge on any atom is -0.491 e. The summed E-state index contributed by atoms with van der Waals surface area (Å²) < 4.78 is 39.6. The number of carbonyl (C=O) groups is 1. The lowest BCUT2D eigenvalue weighted by Gasteiger charge is -2.16. The van der Waals surface area contributed by atoms with Gasteiger partial charge in [0.2, 0.25) is 5.88 Å². The number of sulfonamides is 1. The first-order valence-corrected chi connectivity index (χ1v) is 13.7. The van der Waals surface area contributed by atoms with Crippen molar-refractivity contribution in [1.29, 1.82) is 0 Å². The van der Waals surface area contributed by atoms with Crippen molar-refractivity contribution >= 4 is 15.9 Å². The summed E-state index contributed by atoms with van der Waals surface area (Å²) in [6.07, 6.45) is 1.27. The van der Waals surface area contributed by atoms with Gasteiger partial charge in [-0.1, -0.05) is 29.8 Å². The van der Waals surface area contributed by atoms with Crippen molar-refractivity contribution in [3.8, 4) is 28.6 Å². The molecule has 0 saturated carbocycles. The summed E-state index contributed by atoms with van der Waals surface area (Å²) in [5, 5.41) is 0. The molecule has 0 spiro atoms. The summed E-state index contributed by atoms with van der Waals surface area (Å²) in [5.41, 5.74) is 2.91. The molecule has 202 valence electrons. The first-order chi connectivity index (χ1) is 18.4. The molecule has 2 heterocycles. The maximum absolute atomic E-state index is 13.3. The van der Waals surface area contributed by atoms with Crippen LogP contribution in [0.4, 0.5) is 0 Å². The molecule has 0 atom stereocenters. The molecule has 10 heteroatoms. The number of nitrogens with zero attached hydrogens (tertiary/aromatic N) is 1.